The van der Waals surface area contributed by atoms with Crippen LogP contribution in [-0.2, 0) is 0 Å². The standard InChI is InChI=1S/C21H25N5O.ClH/c1-13(2)26-20(21(27)24-17-9-10-23-12-17)18(15-7-8-15)19(25-26)16-5-3-14(11-22)4-6-16;/h3-6,13,15,17,23H,7-10,12H2,1-2H3,(H,24,27);1H/t17-;/m0./s1. The van der Waals surface area contributed by atoms with E-state index in [0.717, 1.165) is 49.2 Å². The van der Waals surface area contributed by atoms with Crippen molar-refractivity contribution in [3.63, 3.8) is 0 Å². The molecule has 6 nitrogen and oxygen atoms in total. The second kappa shape index (κ2) is 8.34. The maximum absolute atomic E-state index is 13.2. The quantitative estimate of drug-likeness (QED) is 0.807. The van der Waals surface area contributed by atoms with Gasteiger partial charge < -0.3 is 10.6 Å². The lowest BCUT2D eigenvalue weighted by Crippen LogP contribution is -2.38. The molecule has 1 aromatic carbocycles. The molecule has 0 bridgehead atoms. The van der Waals surface area contributed by atoms with E-state index in [1.165, 1.54) is 0 Å². The van der Waals surface area contributed by atoms with Crippen molar-refractivity contribution in [1.29, 1.82) is 5.26 Å². The Bertz CT molecular complexity index is 887. The lowest BCUT2D eigenvalue weighted by Gasteiger charge is -2.15. The van der Waals surface area contributed by atoms with Gasteiger partial charge in [0.1, 0.15) is 5.69 Å². The number of nitrogens with one attached hydrogen (secondary N) is 2. The average molecular weight is 400 g/mol. The van der Waals surface area contributed by atoms with Crippen molar-refractivity contribution in [3.05, 3.63) is 41.1 Å². The van der Waals surface area contributed by atoms with Crippen molar-refractivity contribution in [2.24, 2.45) is 0 Å². The van der Waals surface area contributed by atoms with Gasteiger partial charge in [0, 0.05) is 29.8 Å². The molecule has 0 unspecified atom stereocenters. The Hall–Kier alpha value is -2.36. The van der Waals surface area contributed by atoms with E-state index in [9.17, 15) is 4.79 Å². The lowest BCUT2D eigenvalue weighted by molar-refractivity contribution is 0.0926. The van der Waals surface area contributed by atoms with E-state index in [2.05, 4.69) is 30.6 Å². The molecule has 148 valence electrons. The number of aromatic nitrogens is 2. The van der Waals surface area contributed by atoms with Crippen molar-refractivity contribution in [2.45, 2.75) is 51.1 Å². The first-order valence-electron chi connectivity index (χ1n) is 9.73. The van der Waals surface area contributed by atoms with Crippen LogP contribution in [0.4, 0.5) is 0 Å². The monoisotopic (exact) mass is 399 g/mol. The summed E-state index contributed by atoms with van der Waals surface area (Å²) < 4.78 is 1.87. The third kappa shape index (κ3) is 3.91. The van der Waals surface area contributed by atoms with Crippen LogP contribution in [0.3, 0.4) is 0 Å². The van der Waals surface area contributed by atoms with Crippen LogP contribution in [0.5, 0.6) is 0 Å². The fourth-order valence-electron chi connectivity index (χ4n) is 3.75. The van der Waals surface area contributed by atoms with Crippen LogP contribution in [0.15, 0.2) is 24.3 Å². The maximum atomic E-state index is 13.2. The number of nitriles is 1. The van der Waals surface area contributed by atoms with Gasteiger partial charge in [-0.25, -0.2) is 0 Å². The van der Waals surface area contributed by atoms with E-state index in [1.54, 1.807) is 0 Å². The zero-order chi connectivity index (χ0) is 19.0. The first-order chi connectivity index (χ1) is 13.1. The minimum Gasteiger partial charge on any atom is -0.347 e. The molecule has 2 aliphatic rings. The SMILES string of the molecule is CC(C)n1nc(-c2ccc(C#N)cc2)c(C2CC2)c1C(=O)N[C@H]1CCNC1.Cl. The zero-order valence-electron chi connectivity index (χ0n) is 16.2. The van der Waals surface area contributed by atoms with Crippen molar-refractivity contribution in [2.75, 3.05) is 13.1 Å². The Labute approximate surface area is 171 Å². The minimum atomic E-state index is -0.0216. The molecule has 7 heteroatoms. The predicted octanol–water partition coefficient (Wildman–Crippen LogP) is 3.39. The van der Waals surface area contributed by atoms with Gasteiger partial charge in [-0.15, -0.1) is 12.4 Å². The molecule has 0 spiro atoms. The van der Waals surface area contributed by atoms with Crippen LogP contribution < -0.4 is 10.6 Å². The number of rotatable bonds is 5. The second-order valence-corrected chi connectivity index (χ2v) is 7.78. The summed E-state index contributed by atoms with van der Waals surface area (Å²) in [4.78, 5) is 13.2. The summed E-state index contributed by atoms with van der Waals surface area (Å²) in [7, 11) is 0. The third-order valence-corrected chi connectivity index (χ3v) is 5.32. The number of nitrogens with zero attached hydrogens (tertiary/aromatic N) is 3. The summed E-state index contributed by atoms with van der Waals surface area (Å²) in [6.07, 6.45) is 3.15. The lowest BCUT2D eigenvalue weighted by atomic mass is 10.0. The Morgan fingerprint density at radius 3 is 2.54 bits per heavy atom. The third-order valence-electron chi connectivity index (χ3n) is 5.32. The molecular weight excluding hydrogens is 374 g/mol. The Balaban J connectivity index is 0.00000225. The molecule has 0 radical (unpaired) electrons. The van der Waals surface area contributed by atoms with Gasteiger partial charge in [0.15, 0.2) is 0 Å². The topological polar surface area (TPSA) is 82.7 Å². The van der Waals surface area contributed by atoms with Gasteiger partial charge >= 0.3 is 0 Å². The smallest absolute Gasteiger partial charge is 0.270 e. The molecule has 1 atom stereocenters. The molecule has 1 saturated carbocycles. The normalized spacial score (nSPS) is 18.6. The molecule has 2 N–H and O–H groups in total. The van der Waals surface area contributed by atoms with Gasteiger partial charge in [0.2, 0.25) is 0 Å². The average Bonchev–Trinajstić information content (AvgIpc) is 3.22. The van der Waals surface area contributed by atoms with E-state index in [4.69, 9.17) is 10.4 Å². The number of hydrogen-bond acceptors (Lipinski definition) is 4. The second-order valence-electron chi connectivity index (χ2n) is 7.78. The highest BCUT2D eigenvalue weighted by atomic mass is 35.5. The number of carbonyl (C=O) groups is 1. The van der Waals surface area contributed by atoms with E-state index < -0.39 is 0 Å². The summed E-state index contributed by atoms with van der Waals surface area (Å²) in [6.45, 7) is 5.88. The molecule has 2 fully saturated rings. The van der Waals surface area contributed by atoms with Crippen LogP contribution in [0.1, 0.15) is 66.7 Å². The predicted molar refractivity (Wildman–Crippen MR) is 111 cm³/mol. The first-order valence-corrected chi connectivity index (χ1v) is 9.73. The summed E-state index contributed by atoms with van der Waals surface area (Å²) in [5, 5.41) is 20.4. The van der Waals surface area contributed by atoms with Crippen molar-refractivity contribution in [1.82, 2.24) is 20.4 Å². The summed E-state index contributed by atoms with van der Waals surface area (Å²) >= 11 is 0. The van der Waals surface area contributed by atoms with Gasteiger partial charge in [0.05, 0.1) is 17.3 Å². The van der Waals surface area contributed by atoms with Crippen LogP contribution in [0.25, 0.3) is 11.3 Å². The fraction of sp³-hybridized carbons (Fsp3) is 0.476. The van der Waals surface area contributed by atoms with E-state index >= 15 is 0 Å². The molecule has 1 aliphatic carbocycles. The molecule has 1 saturated heterocycles. The maximum Gasteiger partial charge on any atom is 0.270 e. The summed E-state index contributed by atoms with van der Waals surface area (Å²) in [6, 6.07) is 9.91. The van der Waals surface area contributed by atoms with Gasteiger partial charge in [-0.2, -0.15) is 10.4 Å². The number of benzene rings is 1. The highest BCUT2D eigenvalue weighted by molar-refractivity contribution is 5.96. The Morgan fingerprint density at radius 2 is 2.00 bits per heavy atom. The molecule has 1 aliphatic heterocycles. The highest BCUT2D eigenvalue weighted by Crippen LogP contribution is 2.46. The summed E-state index contributed by atoms with van der Waals surface area (Å²) in [5.41, 5.74) is 4.25. The summed E-state index contributed by atoms with van der Waals surface area (Å²) in [5.74, 6) is 0.372. The van der Waals surface area contributed by atoms with Gasteiger partial charge in [-0.1, -0.05) is 12.1 Å². The molecule has 2 aromatic rings. The zero-order valence-corrected chi connectivity index (χ0v) is 17.1. The molecule has 2 heterocycles. The van der Waals surface area contributed by atoms with Crippen molar-refractivity contribution in [3.8, 4) is 17.3 Å². The van der Waals surface area contributed by atoms with Crippen molar-refractivity contribution < 1.29 is 4.79 Å². The van der Waals surface area contributed by atoms with Crippen LogP contribution in [0.2, 0.25) is 0 Å². The van der Waals surface area contributed by atoms with Crippen LogP contribution >= 0.6 is 12.4 Å². The Kier molecular flexibility index (Phi) is 6.07. The molecule has 28 heavy (non-hydrogen) atoms. The van der Waals surface area contributed by atoms with E-state index in [-0.39, 0.29) is 30.4 Å². The van der Waals surface area contributed by atoms with Gasteiger partial charge in [0.25, 0.3) is 5.91 Å². The van der Waals surface area contributed by atoms with Crippen molar-refractivity contribution >= 4 is 18.3 Å². The van der Waals surface area contributed by atoms with Gasteiger partial charge in [-0.05, 0) is 57.7 Å². The van der Waals surface area contributed by atoms with E-state index in [0.29, 0.717) is 17.2 Å². The molecular formula is C21H26ClN5O. The fourth-order valence-corrected chi connectivity index (χ4v) is 3.75. The molecule has 1 aromatic heterocycles. The highest BCUT2D eigenvalue weighted by Gasteiger charge is 2.36. The molecule has 1 amide bonds. The Morgan fingerprint density at radius 1 is 1.29 bits per heavy atom. The van der Waals surface area contributed by atoms with Crippen LogP contribution in [0, 0.1) is 11.3 Å². The van der Waals surface area contributed by atoms with Gasteiger partial charge in [-0.3, -0.25) is 9.48 Å². The molecule has 4 rings (SSSR count). The largest absolute Gasteiger partial charge is 0.347 e. The number of hydrogen-bond donors (Lipinski definition) is 2. The number of halogens is 1. The minimum absolute atomic E-state index is 0. The number of amides is 1. The first kappa shape index (κ1) is 20.4. The van der Waals surface area contributed by atoms with E-state index in [1.807, 2.05) is 28.9 Å². The van der Waals surface area contributed by atoms with Crippen LogP contribution in [-0.4, -0.2) is 34.8 Å². The number of carbonyl (C=O) groups excluding carboxylic acids is 1.